The van der Waals surface area contributed by atoms with E-state index < -0.39 is 0 Å². The van der Waals surface area contributed by atoms with Gasteiger partial charge in [0.05, 0.1) is 13.7 Å². The lowest BCUT2D eigenvalue weighted by Crippen LogP contribution is -2.18. The maximum absolute atomic E-state index is 6.14. The van der Waals surface area contributed by atoms with Crippen LogP contribution in [0.25, 0.3) is 0 Å². The van der Waals surface area contributed by atoms with Gasteiger partial charge in [0.2, 0.25) is 4.77 Å². The second-order valence-electron chi connectivity index (χ2n) is 6.59. The van der Waals surface area contributed by atoms with Gasteiger partial charge in [0, 0.05) is 12.0 Å². The molecule has 0 saturated heterocycles. The first-order chi connectivity index (χ1) is 13.6. The Morgan fingerprint density at radius 3 is 2.68 bits per heavy atom. The van der Waals surface area contributed by atoms with Gasteiger partial charge in [-0.1, -0.05) is 48.9 Å². The molecule has 0 unspecified atom stereocenters. The molecule has 0 radical (unpaired) electrons. The van der Waals surface area contributed by atoms with Crippen molar-refractivity contribution in [3.05, 3.63) is 69.8 Å². The Bertz CT molecular complexity index is 963. The van der Waals surface area contributed by atoms with E-state index >= 15 is 0 Å². The number of nitrogens with one attached hydrogen (secondary N) is 2. The molecular formula is C21H26N4O2S. The van der Waals surface area contributed by atoms with Crippen LogP contribution in [-0.4, -0.2) is 22.0 Å². The van der Waals surface area contributed by atoms with Gasteiger partial charge in [-0.15, -0.1) is 0 Å². The van der Waals surface area contributed by atoms with Gasteiger partial charge in [-0.2, -0.15) is 5.10 Å². The molecule has 0 fully saturated rings. The highest BCUT2D eigenvalue weighted by Gasteiger charge is 2.12. The summed E-state index contributed by atoms with van der Waals surface area (Å²) in [7, 11) is 1.65. The molecule has 28 heavy (non-hydrogen) atoms. The van der Waals surface area contributed by atoms with E-state index in [1.807, 2.05) is 22.9 Å². The highest BCUT2D eigenvalue weighted by Crippen LogP contribution is 2.32. The van der Waals surface area contributed by atoms with Gasteiger partial charge in [0.1, 0.15) is 6.61 Å². The summed E-state index contributed by atoms with van der Waals surface area (Å²) in [6.07, 6.45) is 1.83. The Morgan fingerprint density at radius 1 is 1.18 bits per heavy atom. The summed E-state index contributed by atoms with van der Waals surface area (Å²) < 4.78 is 14.0. The molecule has 2 N–H and O–H groups in total. The molecule has 3 aromatic rings. The Hall–Kier alpha value is -2.80. The van der Waals surface area contributed by atoms with Crippen LogP contribution in [0.3, 0.4) is 0 Å². The first kappa shape index (κ1) is 19.9. The Morgan fingerprint density at radius 2 is 1.96 bits per heavy atom. The molecule has 0 aliphatic heterocycles. The standard InChI is InChI=1S/C21H26N4O2S/c1-4-6-19-23-24-21(28)25(19)22-13-17-7-5-8-18(26-3)20(17)27-14-16-11-9-15(2)10-12-16/h5,7-12,22H,4,6,13-14H2,1-3H3,(H,24,28). The monoisotopic (exact) mass is 398 g/mol. The molecule has 3 rings (SSSR count). The summed E-state index contributed by atoms with van der Waals surface area (Å²) in [4.78, 5) is 0. The number of benzene rings is 2. The summed E-state index contributed by atoms with van der Waals surface area (Å²) in [5.74, 6) is 2.32. The van der Waals surface area contributed by atoms with Crippen molar-refractivity contribution in [2.24, 2.45) is 0 Å². The highest BCUT2D eigenvalue weighted by atomic mass is 32.1. The fourth-order valence-electron chi connectivity index (χ4n) is 2.91. The van der Waals surface area contributed by atoms with Gasteiger partial charge >= 0.3 is 0 Å². The van der Waals surface area contributed by atoms with Gasteiger partial charge < -0.3 is 14.9 Å². The van der Waals surface area contributed by atoms with Gasteiger partial charge in [-0.25, -0.2) is 4.68 Å². The van der Waals surface area contributed by atoms with E-state index in [4.69, 9.17) is 21.7 Å². The Labute approximate surface area is 170 Å². The number of aryl methyl sites for hydroxylation is 2. The zero-order valence-electron chi connectivity index (χ0n) is 16.5. The molecule has 1 heterocycles. The first-order valence-electron chi connectivity index (χ1n) is 9.36. The number of nitrogens with zero attached hydrogens (tertiary/aromatic N) is 2. The van der Waals surface area contributed by atoms with Crippen molar-refractivity contribution in [1.82, 2.24) is 14.9 Å². The number of hydrogen-bond donors (Lipinski definition) is 2. The van der Waals surface area contributed by atoms with Crippen LogP contribution in [0, 0.1) is 11.7 Å². The third-order valence-electron chi connectivity index (χ3n) is 4.43. The minimum absolute atomic E-state index is 0.472. The summed E-state index contributed by atoms with van der Waals surface area (Å²) in [6, 6.07) is 14.2. The number of H-pyrrole nitrogens is 1. The fourth-order valence-corrected chi connectivity index (χ4v) is 3.13. The van der Waals surface area contributed by atoms with Crippen LogP contribution >= 0.6 is 12.2 Å². The number of aromatic amines is 1. The average molecular weight is 399 g/mol. The van der Waals surface area contributed by atoms with Crippen LogP contribution in [0.5, 0.6) is 11.5 Å². The quantitative estimate of drug-likeness (QED) is 0.519. The van der Waals surface area contributed by atoms with Gasteiger partial charge in [-0.3, -0.25) is 5.10 Å². The molecule has 0 aliphatic carbocycles. The zero-order valence-corrected chi connectivity index (χ0v) is 17.3. The lowest BCUT2D eigenvalue weighted by atomic mass is 10.1. The third kappa shape index (κ3) is 4.72. The predicted octanol–water partition coefficient (Wildman–Crippen LogP) is 4.53. The van der Waals surface area contributed by atoms with Crippen LogP contribution in [0.4, 0.5) is 0 Å². The first-order valence-corrected chi connectivity index (χ1v) is 9.77. The number of aromatic nitrogens is 3. The van der Waals surface area contributed by atoms with Crippen LogP contribution in [0.2, 0.25) is 0 Å². The molecule has 1 aromatic heterocycles. The highest BCUT2D eigenvalue weighted by molar-refractivity contribution is 7.71. The average Bonchev–Trinajstić information content (AvgIpc) is 3.05. The molecule has 0 atom stereocenters. The van der Waals surface area contributed by atoms with Crippen LogP contribution < -0.4 is 14.9 Å². The molecule has 7 heteroatoms. The third-order valence-corrected chi connectivity index (χ3v) is 4.70. The summed E-state index contributed by atoms with van der Waals surface area (Å²) in [5.41, 5.74) is 6.66. The van der Waals surface area contributed by atoms with E-state index in [0.717, 1.165) is 35.5 Å². The minimum Gasteiger partial charge on any atom is -0.493 e. The van der Waals surface area contributed by atoms with E-state index in [2.05, 4.69) is 53.7 Å². The smallest absolute Gasteiger partial charge is 0.214 e. The topological polar surface area (TPSA) is 64.1 Å². The maximum Gasteiger partial charge on any atom is 0.214 e. The van der Waals surface area contributed by atoms with Crippen molar-refractivity contribution < 1.29 is 9.47 Å². The normalized spacial score (nSPS) is 10.7. The second kappa shape index (κ2) is 9.41. The minimum atomic E-state index is 0.472. The molecule has 0 spiro atoms. The molecule has 0 amide bonds. The van der Waals surface area contributed by atoms with Crippen LogP contribution in [0.15, 0.2) is 42.5 Å². The van der Waals surface area contributed by atoms with E-state index in [-0.39, 0.29) is 0 Å². The number of rotatable bonds is 9. The van der Waals surface area contributed by atoms with Crippen molar-refractivity contribution >= 4 is 12.2 Å². The van der Waals surface area contributed by atoms with Crippen molar-refractivity contribution in [2.75, 3.05) is 12.5 Å². The molecule has 0 bridgehead atoms. The maximum atomic E-state index is 6.14. The molecule has 148 valence electrons. The predicted molar refractivity (Wildman–Crippen MR) is 113 cm³/mol. The summed E-state index contributed by atoms with van der Waals surface area (Å²) >= 11 is 5.34. The van der Waals surface area contributed by atoms with Crippen LogP contribution in [-0.2, 0) is 19.6 Å². The largest absolute Gasteiger partial charge is 0.493 e. The van der Waals surface area contributed by atoms with Gasteiger partial charge in [0.15, 0.2) is 17.3 Å². The second-order valence-corrected chi connectivity index (χ2v) is 6.97. The van der Waals surface area contributed by atoms with E-state index in [1.165, 1.54) is 5.56 Å². The molecule has 0 saturated carbocycles. The Balaban J connectivity index is 1.78. The molecule has 2 aromatic carbocycles. The summed E-state index contributed by atoms with van der Waals surface area (Å²) in [6.45, 7) is 5.19. The summed E-state index contributed by atoms with van der Waals surface area (Å²) in [5, 5.41) is 7.13. The molecule has 0 aliphatic rings. The van der Waals surface area contributed by atoms with E-state index in [1.54, 1.807) is 7.11 Å². The van der Waals surface area contributed by atoms with E-state index in [9.17, 15) is 0 Å². The van der Waals surface area contributed by atoms with Crippen molar-refractivity contribution in [3.8, 4) is 11.5 Å². The molecule has 6 nitrogen and oxygen atoms in total. The number of methoxy groups -OCH3 is 1. The molecular weight excluding hydrogens is 372 g/mol. The van der Waals surface area contributed by atoms with Crippen molar-refractivity contribution in [3.63, 3.8) is 0 Å². The lowest BCUT2D eigenvalue weighted by molar-refractivity contribution is 0.281. The fraction of sp³-hybridized carbons (Fsp3) is 0.333. The van der Waals surface area contributed by atoms with Crippen molar-refractivity contribution in [2.45, 2.75) is 39.8 Å². The van der Waals surface area contributed by atoms with Crippen molar-refractivity contribution in [1.29, 1.82) is 0 Å². The van der Waals surface area contributed by atoms with Gasteiger partial charge in [-0.05, 0) is 37.2 Å². The lowest BCUT2D eigenvalue weighted by Gasteiger charge is -2.17. The number of hydrogen-bond acceptors (Lipinski definition) is 5. The van der Waals surface area contributed by atoms with Gasteiger partial charge in [0.25, 0.3) is 0 Å². The number of ether oxygens (including phenoxy) is 2. The Kier molecular flexibility index (Phi) is 6.71. The van der Waals surface area contributed by atoms with Crippen LogP contribution in [0.1, 0.15) is 35.9 Å². The zero-order chi connectivity index (χ0) is 19.9. The SMILES string of the molecule is CCCc1n[nH]c(=S)n1NCc1cccc(OC)c1OCc1ccc(C)cc1. The van der Waals surface area contributed by atoms with E-state index in [0.29, 0.717) is 23.7 Å². The number of para-hydroxylation sites is 1.